The van der Waals surface area contributed by atoms with Crippen LogP contribution in [-0.4, -0.2) is 47.4 Å². The summed E-state index contributed by atoms with van der Waals surface area (Å²) in [5, 5.41) is 18.9. The first-order valence-electron chi connectivity index (χ1n) is 7.31. The van der Waals surface area contributed by atoms with Gasteiger partial charge in [-0.05, 0) is 24.5 Å². The highest BCUT2D eigenvalue weighted by Crippen LogP contribution is 2.12. The number of ether oxygens (including phenoxy) is 2. The molecule has 130 valence electrons. The van der Waals surface area contributed by atoms with Crippen LogP contribution in [0.15, 0.2) is 36.9 Å². The number of hydrogen-bond donors (Lipinski definition) is 2. The number of rotatable bonds is 9. The molecule has 0 aromatic heterocycles. The molecule has 1 rings (SSSR count). The highest BCUT2D eigenvalue weighted by atomic mass is 16.5. The maximum atomic E-state index is 11.9. The SMILES string of the molecule is C=CC(=O)OCC(C)CC(O)COC(=O)c1ccccc1C(=O)O. The Morgan fingerprint density at radius 1 is 1.17 bits per heavy atom. The molecule has 7 nitrogen and oxygen atoms in total. The van der Waals surface area contributed by atoms with E-state index < -0.39 is 24.0 Å². The largest absolute Gasteiger partial charge is 0.478 e. The minimum Gasteiger partial charge on any atom is -0.478 e. The number of aromatic carboxylic acids is 1. The van der Waals surface area contributed by atoms with E-state index in [4.69, 9.17) is 14.6 Å². The average Bonchev–Trinajstić information content (AvgIpc) is 2.57. The van der Waals surface area contributed by atoms with Crippen LogP contribution in [0.5, 0.6) is 0 Å². The first kappa shape index (κ1) is 19.4. The third-order valence-corrected chi connectivity index (χ3v) is 3.14. The van der Waals surface area contributed by atoms with Crippen molar-refractivity contribution in [3.63, 3.8) is 0 Å². The van der Waals surface area contributed by atoms with Crippen LogP contribution in [0.2, 0.25) is 0 Å². The van der Waals surface area contributed by atoms with Gasteiger partial charge in [0.1, 0.15) is 6.61 Å². The summed E-state index contributed by atoms with van der Waals surface area (Å²) in [5.41, 5.74) is -0.244. The van der Waals surface area contributed by atoms with Gasteiger partial charge in [0.25, 0.3) is 0 Å². The number of esters is 2. The number of aliphatic hydroxyl groups is 1. The molecule has 1 aromatic carbocycles. The van der Waals surface area contributed by atoms with Gasteiger partial charge < -0.3 is 19.7 Å². The topological polar surface area (TPSA) is 110 Å². The van der Waals surface area contributed by atoms with E-state index in [0.717, 1.165) is 6.08 Å². The quantitative estimate of drug-likeness (QED) is 0.521. The predicted molar refractivity (Wildman–Crippen MR) is 84.6 cm³/mol. The van der Waals surface area contributed by atoms with Gasteiger partial charge >= 0.3 is 17.9 Å². The van der Waals surface area contributed by atoms with Crippen LogP contribution < -0.4 is 0 Å². The summed E-state index contributed by atoms with van der Waals surface area (Å²) < 4.78 is 9.80. The highest BCUT2D eigenvalue weighted by Gasteiger charge is 2.19. The first-order chi connectivity index (χ1) is 11.3. The molecule has 0 fully saturated rings. The van der Waals surface area contributed by atoms with E-state index in [1.54, 1.807) is 6.92 Å². The van der Waals surface area contributed by atoms with Crippen molar-refractivity contribution >= 4 is 17.9 Å². The van der Waals surface area contributed by atoms with Gasteiger partial charge in [0, 0.05) is 6.08 Å². The van der Waals surface area contributed by atoms with Crippen molar-refractivity contribution in [3.05, 3.63) is 48.0 Å². The lowest BCUT2D eigenvalue weighted by atomic mass is 10.1. The monoisotopic (exact) mass is 336 g/mol. The van der Waals surface area contributed by atoms with Crippen molar-refractivity contribution in [3.8, 4) is 0 Å². The van der Waals surface area contributed by atoms with Gasteiger partial charge in [-0.3, -0.25) is 0 Å². The van der Waals surface area contributed by atoms with Crippen LogP contribution >= 0.6 is 0 Å². The second-order valence-corrected chi connectivity index (χ2v) is 5.28. The fourth-order valence-corrected chi connectivity index (χ4v) is 1.98. The third kappa shape index (κ3) is 6.21. The Kier molecular flexibility index (Phi) is 7.64. The van der Waals surface area contributed by atoms with Gasteiger partial charge in [0.05, 0.1) is 23.8 Å². The van der Waals surface area contributed by atoms with Crippen LogP contribution in [0.25, 0.3) is 0 Å². The number of carbonyl (C=O) groups is 3. The van der Waals surface area contributed by atoms with E-state index >= 15 is 0 Å². The van der Waals surface area contributed by atoms with Crippen molar-refractivity contribution < 1.29 is 34.1 Å². The molecule has 0 amide bonds. The molecular weight excluding hydrogens is 316 g/mol. The molecule has 0 saturated carbocycles. The van der Waals surface area contributed by atoms with Gasteiger partial charge in [-0.15, -0.1) is 0 Å². The highest BCUT2D eigenvalue weighted by molar-refractivity contribution is 6.02. The zero-order valence-corrected chi connectivity index (χ0v) is 13.3. The maximum Gasteiger partial charge on any atom is 0.339 e. The molecule has 0 aliphatic heterocycles. The van der Waals surface area contributed by atoms with Crippen molar-refractivity contribution in [2.75, 3.05) is 13.2 Å². The smallest absolute Gasteiger partial charge is 0.339 e. The van der Waals surface area contributed by atoms with Crippen LogP contribution in [0.4, 0.5) is 0 Å². The van der Waals surface area contributed by atoms with Gasteiger partial charge in [-0.2, -0.15) is 0 Å². The van der Waals surface area contributed by atoms with Crippen molar-refractivity contribution in [2.45, 2.75) is 19.4 Å². The Bertz CT molecular complexity index is 609. The summed E-state index contributed by atoms with van der Waals surface area (Å²) in [5.74, 6) is -2.75. The second-order valence-electron chi connectivity index (χ2n) is 5.28. The lowest BCUT2D eigenvalue weighted by molar-refractivity contribution is -0.139. The minimum atomic E-state index is -1.24. The standard InChI is InChI=1S/C17H20O7/c1-3-15(19)23-9-11(2)8-12(18)10-24-17(22)14-7-5-4-6-13(14)16(20)21/h3-7,11-12,18H,1,8-10H2,2H3,(H,20,21). The van der Waals surface area contributed by atoms with E-state index in [1.165, 1.54) is 24.3 Å². The number of hydrogen-bond acceptors (Lipinski definition) is 6. The Hall–Kier alpha value is -2.67. The van der Waals surface area contributed by atoms with Crippen molar-refractivity contribution in [1.29, 1.82) is 0 Å². The fraction of sp³-hybridized carbons (Fsp3) is 0.353. The summed E-state index contributed by atoms with van der Waals surface area (Å²) in [6.07, 6.45) is 0.340. The minimum absolute atomic E-state index is 0.0786. The van der Waals surface area contributed by atoms with E-state index in [9.17, 15) is 19.5 Å². The number of aliphatic hydroxyl groups excluding tert-OH is 1. The van der Waals surface area contributed by atoms with Gasteiger partial charge in [0.15, 0.2) is 0 Å². The Morgan fingerprint density at radius 2 is 1.79 bits per heavy atom. The zero-order chi connectivity index (χ0) is 18.1. The molecule has 0 aliphatic rings. The summed E-state index contributed by atoms with van der Waals surface area (Å²) >= 11 is 0. The Labute approximate surface area is 139 Å². The lowest BCUT2D eigenvalue weighted by Gasteiger charge is -2.16. The predicted octanol–water partition coefficient (Wildman–Crippen LogP) is 1.66. The van der Waals surface area contributed by atoms with Gasteiger partial charge in [-0.25, -0.2) is 14.4 Å². The van der Waals surface area contributed by atoms with Crippen LogP contribution in [0.3, 0.4) is 0 Å². The molecule has 0 radical (unpaired) electrons. The van der Waals surface area contributed by atoms with Crippen LogP contribution in [-0.2, 0) is 14.3 Å². The average molecular weight is 336 g/mol. The summed E-state index contributed by atoms with van der Waals surface area (Å²) in [6, 6.07) is 5.66. The molecule has 0 spiro atoms. The summed E-state index contributed by atoms with van der Waals surface area (Å²) in [4.78, 5) is 33.9. The zero-order valence-electron chi connectivity index (χ0n) is 13.3. The molecule has 0 bridgehead atoms. The second kappa shape index (κ2) is 9.46. The molecule has 1 aromatic rings. The van der Waals surface area contributed by atoms with Gasteiger partial charge in [-0.1, -0.05) is 25.6 Å². The van der Waals surface area contributed by atoms with Gasteiger partial charge in [0.2, 0.25) is 0 Å². The van der Waals surface area contributed by atoms with E-state index in [0.29, 0.717) is 0 Å². The third-order valence-electron chi connectivity index (χ3n) is 3.14. The fourth-order valence-electron chi connectivity index (χ4n) is 1.98. The maximum absolute atomic E-state index is 11.9. The van der Waals surface area contributed by atoms with Crippen molar-refractivity contribution in [2.24, 2.45) is 5.92 Å². The molecule has 7 heteroatoms. The number of carboxylic acid groups (broad SMARTS) is 1. The summed E-state index contributed by atoms with van der Waals surface area (Å²) in [6.45, 7) is 4.86. The summed E-state index contributed by atoms with van der Waals surface area (Å²) in [7, 11) is 0. The number of carboxylic acids is 1. The lowest BCUT2D eigenvalue weighted by Crippen LogP contribution is -2.23. The molecule has 0 aliphatic carbocycles. The van der Waals surface area contributed by atoms with E-state index in [2.05, 4.69) is 6.58 Å². The van der Waals surface area contributed by atoms with Crippen LogP contribution in [0.1, 0.15) is 34.1 Å². The Morgan fingerprint density at radius 3 is 2.38 bits per heavy atom. The number of carbonyl (C=O) groups excluding carboxylic acids is 2. The molecule has 2 unspecified atom stereocenters. The number of benzene rings is 1. The van der Waals surface area contributed by atoms with E-state index in [-0.39, 0.29) is 36.7 Å². The molecule has 24 heavy (non-hydrogen) atoms. The Balaban J connectivity index is 2.48. The van der Waals surface area contributed by atoms with E-state index in [1.807, 2.05) is 0 Å². The normalized spacial score (nSPS) is 12.8. The molecule has 0 heterocycles. The molecule has 2 atom stereocenters. The van der Waals surface area contributed by atoms with Crippen molar-refractivity contribution in [1.82, 2.24) is 0 Å². The molecular formula is C17H20O7. The van der Waals surface area contributed by atoms with Crippen LogP contribution in [0, 0.1) is 5.92 Å². The first-order valence-corrected chi connectivity index (χ1v) is 7.31. The molecule has 0 saturated heterocycles. The molecule has 2 N–H and O–H groups in total.